The summed E-state index contributed by atoms with van der Waals surface area (Å²) in [5, 5.41) is 12.6. The summed E-state index contributed by atoms with van der Waals surface area (Å²) in [6, 6.07) is 7.43. The minimum absolute atomic E-state index is 0.306. The molecule has 8 nitrogen and oxygen atoms in total. The molecule has 0 radical (unpaired) electrons. The number of alkyl halides is 1. The Bertz CT molecular complexity index is 1030. The van der Waals surface area contributed by atoms with Crippen molar-refractivity contribution in [1.29, 1.82) is 0 Å². The molecule has 1 atom stereocenters. The zero-order valence-corrected chi connectivity index (χ0v) is 15.7. The van der Waals surface area contributed by atoms with Crippen molar-refractivity contribution in [3.63, 3.8) is 0 Å². The molecule has 9 heteroatoms. The van der Waals surface area contributed by atoms with Crippen LogP contribution in [-0.4, -0.2) is 51.9 Å². The molecule has 2 aliphatic rings. The summed E-state index contributed by atoms with van der Waals surface area (Å²) in [5.74, 6) is 3.19. The summed E-state index contributed by atoms with van der Waals surface area (Å²) in [6.45, 7) is 3.60. The Hall–Kier alpha value is -3.10. The smallest absolute Gasteiger partial charge is 0.227 e. The summed E-state index contributed by atoms with van der Waals surface area (Å²) in [4.78, 5) is 1.90. The van der Waals surface area contributed by atoms with Crippen LogP contribution >= 0.6 is 0 Å². The monoisotopic (exact) mass is 385 g/mol. The molecule has 3 aromatic rings. The highest BCUT2D eigenvalue weighted by Crippen LogP contribution is 2.36. The van der Waals surface area contributed by atoms with Crippen molar-refractivity contribution in [2.24, 2.45) is 7.05 Å². The quantitative estimate of drug-likeness (QED) is 0.686. The lowest BCUT2D eigenvalue weighted by atomic mass is 10.1. The van der Waals surface area contributed by atoms with E-state index in [0.717, 1.165) is 11.3 Å². The van der Waals surface area contributed by atoms with Gasteiger partial charge in [-0.25, -0.2) is 4.39 Å². The van der Waals surface area contributed by atoms with E-state index in [2.05, 4.69) is 15.4 Å². The van der Waals surface area contributed by atoms with Crippen molar-refractivity contribution in [3.8, 4) is 34.3 Å². The van der Waals surface area contributed by atoms with Crippen LogP contribution in [0, 0.1) is 0 Å². The minimum atomic E-state index is -1.20. The average Bonchev–Trinajstić information content (AvgIpc) is 3.39. The fraction of sp³-hybridized carbons (Fsp3) is 0.421. The lowest BCUT2D eigenvalue weighted by molar-refractivity contribution is 0.171. The molecule has 2 aromatic heterocycles. The lowest BCUT2D eigenvalue weighted by Gasteiger charge is -2.18. The predicted molar refractivity (Wildman–Crippen MR) is 99.3 cm³/mol. The van der Waals surface area contributed by atoms with Crippen LogP contribution < -0.4 is 14.4 Å². The van der Waals surface area contributed by atoms with Crippen LogP contribution in [-0.2, 0) is 7.05 Å². The molecule has 28 heavy (non-hydrogen) atoms. The van der Waals surface area contributed by atoms with E-state index in [0.29, 0.717) is 61.7 Å². The summed E-state index contributed by atoms with van der Waals surface area (Å²) < 4.78 is 32.7. The minimum Gasteiger partial charge on any atom is -0.486 e. The molecular formula is C19H20FN5O3. The predicted octanol–water partition coefficient (Wildman–Crippen LogP) is 2.85. The van der Waals surface area contributed by atoms with Gasteiger partial charge in [0.15, 0.2) is 28.8 Å². The van der Waals surface area contributed by atoms with E-state index in [-0.39, 0.29) is 0 Å². The fourth-order valence-corrected chi connectivity index (χ4v) is 3.63. The third kappa shape index (κ3) is 2.87. The Balaban J connectivity index is 1.43. The van der Waals surface area contributed by atoms with E-state index in [4.69, 9.17) is 14.0 Å². The molecule has 0 N–H and O–H groups in total. The Morgan fingerprint density at radius 2 is 1.93 bits per heavy atom. The number of benzene rings is 1. The average molecular weight is 385 g/mol. The molecule has 0 spiro atoms. The van der Waals surface area contributed by atoms with Crippen molar-refractivity contribution >= 4 is 5.95 Å². The molecule has 146 valence electrons. The maximum absolute atomic E-state index is 14.2. The van der Waals surface area contributed by atoms with Crippen LogP contribution in [0.5, 0.6) is 11.5 Å². The number of hydrogen-bond donors (Lipinski definition) is 0. The molecule has 1 aromatic carbocycles. The van der Waals surface area contributed by atoms with Gasteiger partial charge in [0, 0.05) is 31.6 Å². The number of fused-ring (bicyclic) bond motifs is 1. The van der Waals surface area contributed by atoms with Crippen molar-refractivity contribution in [3.05, 3.63) is 24.3 Å². The van der Waals surface area contributed by atoms with E-state index in [1.54, 1.807) is 6.92 Å². The Morgan fingerprint density at radius 3 is 2.71 bits per heavy atom. The molecule has 1 unspecified atom stereocenters. The van der Waals surface area contributed by atoms with Gasteiger partial charge in [-0.1, -0.05) is 5.16 Å². The SMILES string of the molecule is Cn1c(-c2cc(-c3ccc4c(c3)OCCO4)on2)nnc1N1CCC(C)(F)C1. The van der Waals surface area contributed by atoms with Crippen molar-refractivity contribution in [2.75, 3.05) is 31.2 Å². The molecule has 1 saturated heterocycles. The van der Waals surface area contributed by atoms with E-state index < -0.39 is 5.67 Å². The zero-order chi connectivity index (χ0) is 19.3. The van der Waals surface area contributed by atoms with Crippen molar-refractivity contribution in [1.82, 2.24) is 19.9 Å². The summed E-state index contributed by atoms with van der Waals surface area (Å²) >= 11 is 0. The van der Waals surface area contributed by atoms with Crippen LogP contribution in [0.2, 0.25) is 0 Å². The van der Waals surface area contributed by atoms with E-state index in [1.807, 2.05) is 40.8 Å². The molecule has 0 amide bonds. The van der Waals surface area contributed by atoms with Crippen LogP contribution in [0.15, 0.2) is 28.8 Å². The normalized spacial score (nSPS) is 21.3. The number of anilines is 1. The second-order valence-electron chi connectivity index (χ2n) is 7.40. The van der Waals surface area contributed by atoms with Gasteiger partial charge in [-0.3, -0.25) is 4.57 Å². The van der Waals surface area contributed by atoms with Gasteiger partial charge in [-0.15, -0.1) is 10.2 Å². The largest absolute Gasteiger partial charge is 0.486 e. The standard InChI is InChI=1S/C19H20FN5O3/c1-19(20)5-6-25(11-19)18-22-21-17(24(18)2)13-10-15(28-23-13)12-3-4-14-16(9-12)27-8-7-26-14/h3-4,9-10H,5-8,11H2,1-2H3. The van der Waals surface area contributed by atoms with Gasteiger partial charge < -0.3 is 18.9 Å². The topological polar surface area (TPSA) is 78.4 Å². The maximum atomic E-state index is 14.2. The molecular weight excluding hydrogens is 365 g/mol. The zero-order valence-electron chi connectivity index (χ0n) is 15.7. The van der Waals surface area contributed by atoms with Gasteiger partial charge in [-0.2, -0.15) is 0 Å². The Kier molecular flexibility index (Phi) is 3.78. The molecule has 0 bridgehead atoms. The second kappa shape index (κ2) is 6.22. The number of hydrogen-bond acceptors (Lipinski definition) is 7. The number of nitrogens with zero attached hydrogens (tertiary/aromatic N) is 5. The molecule has 5 rings (SSSR count). The van der Waals surface area contributed by atoms with Crippen molar-refractivity contribution in [2.45, 2.75) is 19.0 Å². The summed E-state index contributed by atoms with van der Waals surface area (Å²) in [5.41, 5.74) is 0.192. The van der Waals surface area contributed by atoms with E-state index >= 15 is 0 Å². The highest BCUT2D eigenvalue weighted by molar-refractivity contribution is 5.67. The first-order valence-corrected chi connectivity index (χ1v) is 9.21. The molecule has 0 saturated carbocycles. The summed E-state index contributed by atoms with van der Waals surface area (Å²) in [6.07, 6.45) is 0.480. The van der Waals surface area contributed by atoms with Crippen LogP contribution in [0.1, 0.15) is 13.3 Å². The number of aromatic nitrogens is 4. The third-order valence-corrected chi connectivity index (χ3v) is 5.12. The first kappa shape index (κ1) is 17.0. The molecule has 1 fully saturated rings. The first-order chi connectivity index (χ1) is 13.5. The third-order valence-electron chi connectivity index (χ3n) is 5.12. The van der Waals surface area contributed by atoms with Gasteiger partial charge in [-0.05, 0) is 25.1 Å². The number of halogens is 1. The van der Waals surface area contributed by atoms with Crippen molar-refractivity contribution < 1.29 is 18.4 Å². The fourth-order valence-electron chi connectivity index (χ4n) is 3.63. The van der Waals surface area contributed by atoms with Gasteiger partial charge in [0.1, 0.15) is 18.9 Å². The lowest BCUT2D eigenvalue weighted by Crippen LogP contribution is -2.27. The number of ether oxygens (including phenoxy) is 2. The highest BCUT2D eigenvalue weighted by atomic mass is 19.1. The maximum Gasteiger partial charge on any atom is 0.227 e. The van der Waals surface area contributed by atoms with Crippen LogP contribution in [0.4, 0.5) is 10.3 Å². The first-order valence-electron chi connectivity index (χ1n) is 9.21. The Morgan fingerprint density at radius 1 is 1.11 bits per heavy atom. The second-order valence-corrected chi connectivity index (χ2v) is 7.40. The van der Waals surface area contributed by atoms with Gasteiger partial charge in [0.05, 0.1) is 6.54 Å². The highest BCUT2D eigenvalue weighted by Gasteiger charge is 2.36. The molecule has 2 aliphatic heterocycles. The van der Waals surface area contributed by atoms with Crippen LogP contribution in [0.3, 0.4) is 0 Å². The van der Waals surface area contributed by atoms with E-state index in [9.17, 15) is 4.39 Å². The van der Waals surface area contributed by atoms with Gasteiger partial charge >= 0.3 is 0 Å². The van der Waals surface area contributed by atoms with Gasteiger partial charge in [0.2, 0.25) is 5.95 Å². The number of rotatable bonds is 3. The Labute approximate surface area is 160 Å². The van der Waals surface area contributed by atoms with Gasteiger partial charge in [0.25, 0.3) is 0 Å². The molecule has 0 aliphatic carbocycles. The van der Waals surface area contributed by atoms with Crippen LogP contribution in [0.25, 0.3) is 22.8 Å². The summed E-state index contributed by atoms with van der Waals surface area (Å²) in [7, 11) is 1.84. The molecule has 4 heterocycles. The van der Waals surface area contributed by atoms with E-state index in [1.165, 1.54) is 0 Å².